The van der Waals surface area contributed by atoms with Gasteiger partial charge in [-0.15, -0.1) is 0 Å². The molecule has 0 saturated heterocycles. The van der Waals surface area contributed by atoms with Crippen molar-refractivity contribution in [3.05, 3.63) is 102 Å². The van der Waals surface area contributed by atoms with Gasteiger partial charge in [0.25, 0.3) is 0 Å². The second kappa shape index (κ2) is 5.49. The third-order valence-electron chi connectivity index (χ3n) is 3.82. The normalized spacial score (nSPS) is 11.1. The van der Waals surface area contributed by atoms with E-state index in [0.29, 0.717) is 0 Å². The molecular weight excluding hydrogens is 270 g/mol. The number of oxazole rings is 1. The van der Waals surface area contributed by atoms with Gasteiger partial charge < -0.3 is 4.42 Å². The largest absolute Gasteiger partial charge is 0.440 e. The number of hydrogen-bond donors (Lipinski definition) is 0. The predicted molar refractivity (Wildman–Crippen MR) is 87.8 cm³/mol. The minimum Gasteiger partial charge on any atom is -0.440 e. The van der Waals surface area contributed by atoms with Gasteiger partial charge in [0.2, 0.25) is 5.89 Å². The minimum absolute atomic E-state index is 0.00907. The van der Waals surface area contributed by atoms with E-state index in [0.717, 1.165) is 17.0 Å². The Morgan fingerprint density at radius 2 is 1.18 bits per heavy atom. The average Bonchev–Trinajstić information content (AvgIpc) is 3.00. The lowest BCUT2D eigenvalue weighted by molar-refractivity contribution is 0.522. The summed E-state index contributed by atoms with van der Waals surface area (Å²) in [6.45, 7) is 0. The third kappa shape index (κ3) is 2.29. The summed E-state index contributed by atoms with van der Waals surface area (Å²) >= 11 is 0. The number of hydrogen-bond acceptors (Lipinski definition) is 2. The lowest BCUT2D eigenvalue weighted by Crippen LogP contribution is -2.03. The van der Waals surface area contributed by atoms with Gasteiger partial charge in [-0.1, -0.05) is 72.8 Å². The first-order valence-corrected chi connectivity index (χ1v) is 7.37. The molecule has 2 nitrogen and oxygen atoms in total. The zero-order valence-corrected chi connectivity index (χ0v) is 12.0. The number of fused-ring (bicyclic) bond motifs is 1. The summed E-state index contributed by atoms with van der Waals surface area (Å²) in [7, 11) is 0. The molecular formula is C20H15NO. The predicted octanol–water partition coefficient (Wildman–Crippen LogP) is 5.01. The second-order valence-corrected chi connectivity index (χ2v) is 5.27. The average molecular weight is 285 g/mol. The topological polar surface area (TPSA) is 26.0 Å². The van der Waals surface area contributed by atoms with Crippen molar-refractivity contribution in [2.75, 3.05) is 0 Å². The number of aromatic nitrogens is 1. The van der Waals surface area contributed by atoms with Gasteiger partial charge in [-0.2, -0.15) is 0 Å². The van der Waals surface area contributed by atoms with E-state index in [1.54, 1.807) is 0 Å². The molecule has 0 aliphatic rings. The van der Waals surface area contributed by atoms with Gasteiger partial charge in [0.1, 0.15) is 5.52 Å². The summed E-state index contributed by atoms with van der Waals surface area (Å²) in [5.41, 5.74) is 4.09. The molecule has 0 spiro atoms. The highest BCUT2D eigenvalue weighted by Gasteiger charge is 2.22. The number of nitrogens with zero attached hydrogens (tertiary/aromatic N) is 1. The van der Waals surface area contributed by atoms with Gasteiger partial charge in [0.15, 0.2) is 5.58 Å². The zero-order valence-electron chi connectivity index (χ0n) is 12.0. The Balaban J connectivity index is 1.90. The van der Waals surface area contributed by atoms with Crippen LogP contribution in [-0.4, -0.2) is 4.98 Å². The standard InChI is InChI=1S/C20H15NO/c1-3-9-15(10-4-1)19(16-11-5-2-6-12-16)20-21-17-13-7-8-14-18(17)22-20/h1-14,19H. The molecule has 0 unspecified atom stereocenters. The number of rotatable bonds is 3. The molecule has 0 atom stereocenters. The van der Waals surface area contributed by atoms with Crippen LogP contribution in [0.15, 0.2) is 89.3 Å². The van der Waals surface area contributed by atoms with Crippen molar-refractivity contribution in [2.24, 2.45) is 0 Å². The Labute approximate surface area is 129 Å². The SMILES string of the molecule is c1ccc(C(c2ccccc2)c2nc3ccccc3o2)cc1. The van der Waals surface area contributed by atoms with Crippen LogP contribution in [0.2, 0.25) is 0 Å². The van der Waals surface area contributed by atoms with E-state index in [2.05, 4.69) is 24.3 Å². The Bertz CT molecular complexity index is 809. The van der Waals surface area contributed by atoms with Crippen LogP contribution in [0.1, 0.15) is 22.9 Å². The first-order valence-electron chi connectivity index (χ1n) is 7.37. The molecule has 0 bridgehead atoms. The summed E-state index contributed by atoms with van der Waals surface area (Å²) in [6, 6.07) is 28.6. The van der Waals surface area contributed by atoms with Crippen molar-refractivity contribution in [3.8, 4) is 0 Å². The van der Waals surface area contributed by atoms with E-state index in [1.807, 2.05) is 60.7 Å². The Kier molecular flexibility index (Phi) is 3.20. The van der Waals surface area contributed by atoms with E-state index in [1.165, 1.54) is 11.1 Å². The lowest BCUT2D eigenvalue weighted by atomic mass is 9.91. The summed E-state index contributed by atoms with van der Waals surface area (Å²) in [5, 5.41) is 0. The highest BCUT2D eigenvalue weighted by Crippen LogP contribution is 2.32. The highest BCUT2D eigenvalue weighted by atomic mass is 16.3. The Morgan fingerprint density at radius 1 is 0.636 bits per heavy atom. The quantitative estimate of drug-likeness (QED) is 0.529. The molecule has 4 rings (SSSR count). The third-order valence-corrected chi connectivity index (χ3v) is 3.82. The minimum atomic E-state index is 0.00907. The Morgan fingerprint density at radius 3 is 1.77 bits per heavy atom. The molecule has 0 aliphatic carbocycles. The molecule has 4 aromatic rings. The number of benzene rings is 3. The van der Waals surface area contributed by atoms with Crippen molar-refractivity contribution >= 4 is 11.1 Å². The van der Waals surface area contributed by atoms with E-state index in [-0.39, 0.29) is 5.92 Å². The number of para-hydroxylation sites is 2. The monoisotopic (exact) mass is 285 g/mol. The van der Waals surface area contributed by atoms with Gasteiger partial charge >= 0.3 is 0 Å². The van der Waals surface area contributed by atoms with Crippen LogP contribution in [0.5, 0.6) is 0 Å². The molecule has 1 aromatic heterocycles. The van der Waals surface area contributed by atoms with E-state index >= 15 is 0 Å². The van der Waals surface area contributed by atoms with Crippen LogP contribution in [0.3, 0.4) is 0 Å². The van der Waals surface area contributed by atoms with Crippen LogP contribution < -0.4 is 0 Å². The molecule has 3 aromatic carbocycles. The van der Waals surface area contributed by atoms with Crippen molar-refractivity contribution < 1.29 is 4.42 Å². The van der Waals surface area contributed by atoms with E-state index in [9.17, 15) is 0 Å². The zero-order chi connectivity index (χ0) is 14.8. The maximum absolute atomic E-state index is 6.03. The van der Waals surface area contributed by atoms with Crippen molar-refractivity contribution in [1.82, 2.24) is 4.98 Å². The summed E-state index contributed by atoms with van der Waals surface area (Å²) in [6.07, 6.45) is 0. The highest BCUT2D eigenvalue weighted by molar-refractivity contribution is 5.72. The molecule has 0 saturated carbocycles. The van der Waals surface area contributed by atoms with E-state index < -0.39 is 0 Å². The molecule has 0 aliphatic heterocycles. The molecule has 106 valence electrons. The van der Waals surface area contributed by atoms with Gasteiger partial charge in [0, 0.05) is 0 Å². The molecule has 0 fully saturated rings. The van der Waals surface area contributed by atoms with Gasteiger partial charge in [0.05, 0.1) is 5.92 Å². The molecule has 0 amide bonds. The van der Waals surface area contributed by atoms with Crippen LogP contribution >= 0.6 is 0 Å². The van der Waals surface area contributed by atoms with E-state index in [4.69, 9.17) is 9.40 Å². The van der Waals surface area contributed by atoms with Gasteiger partial charge in [-0.05, 0) is 23.3 Å². The lowest BCUT2D eigenvalue weighted by Gasteiger charge is -2.14. The van der Waals surface area contributed by atoms with Crippen molar-refractivity contribution in [1.29, 1.82) is 0 Å². The Hall–Kier alpha value is -2.87. The fraction of sp³-hybridized carbons (Fsp3) is 0.0500. The van der Waals surface area contributed by atoms with Crippen LogP contribution in [0.25, 0.3) is 11.1 Å². The summed E-state index contributed by atoms with van der Waals surface area (Å²) < 4.78 is 6.03. The van der Waals surface area contributed by atoms with Crippen molar-refractivity contribution in [2.45, 2.75) is 5.92 Å². The summed E-state index contributed by atoms with van der Waals surface area (Å²) in [5.74, 6) is 0.744. The molecule has 2 heteroatoms. The smallest absolute Gasteiger partial charge is 0.207 e. The fourth-order valence-electron chi connectivity index (χ4n) is 2.78. The maximum atomic E-state index is 6.03. The van der Waals surface area contributed by atoms with Crippen LogP contribution in [0.4, 0.5) is 0 Å². The van der Waals surface area contributed by atoms with Crippen LogP contribution in [-0.2, 0) is 0 Å². The first kappa shape index (κ1) is 12.8. The molecule has 22 heavy (non-hydrogen) atoms. The summed E-state index contributed by atoms with van der Waals surface area (Å²) in [4.78, 5) is 4.70. The van der Waals surface area contributed by atoms with Crippen molar-refractivity contribution in [3.63, 3.8) is 0 Å². The van der Waals surface area contributed by atoms with Gasteiger partial charge in [-0.25, -0.2) is 4.98 Å². The fourth-order valence-corrected chi connectivity index (χ4v) is 2.78. The second-order valence-electron chi connectivity index (χ2n) is 5.27. The van der Waals surface area contributed by atoms with Crippen LogP contribution in [0, 0.1) is 0 Å². The first-order chi connectivity index (χ1) is 10.9. The molecule has 1 heterocycles. The molecule has 0 N–H and O–H groups in total. The maximum Gasteiger partial charge on any atom is 0.207 e. The molecule has 0 radical (unpaired) electrons. The van der Waals surface area contributed by atoms with Gasteiger partial charge in [-0.3, -0.25) is 0 Å².